The zero-order chi connectivity index (χ0) is 29.0. The van der Waals surface area contributed by atoms with Crippen LogP contribution < -0.4 is 15.5 Å². The van der Waals surface area contributed by atoms with Crippen LogP contribution in [-0.4, -0.2) is 96.4 Å². The van der Waals surface area contributed by atoms with E-state index >= 15 is 0 Å². The molecule has 0 saturated carbocycles. The highest BCUT2D eigenvalue weighted by Gasteiger charge is 2.44. The number of benzene rings is 1. The minimum absolute atomic E-state index is 0.0963. The van der Waals surface area contributed by atoms with Crippen molar-refractivity contribution in [2.75, 3.05) is 44.2 Å². The van der Waals surface area contributed by atoms with E-state index in [0.29, 0.717) is 26.2 Å². The van der Waals surface area contributed by atoms with Crippen molar-refractivity contribution in [3.8, 4) is 0 Å². The van der Waals surface area contributed by atoms with Gasteiger partial charge in [0.1, 0.15) is 29.6 Å². The van der Waals surface area contributed by atoms with E-state index in [1.54, 1.807) is 58.6 Å². The van der Waals surface area contributed by atoms with Crippen molar-refractivity contribution in [2.45, 2.75) is 71.2 Å². The molecule has 1 aromatic carbocycles. The maximum absolute atomic E-state index is 13.6. The molecule has 0 radical (unpaired) electrons. The fourth-order valence-electron chi connectivity index (χ4n) is 4.49. The lowest BCUT2D eigenvalue weighted by Crippen LogP contribution is -2.54. The SMILES string of the molecule is CC(C)(C)OC(=O)NCC(=O)NC1CC(C(=O)N2CCN(c3ccc(F)cc3)CC2)N(C(=O)OC(C)(C)C)C1. The number of hydrogen-bond acceptors (Lipinski definition) is 7. The average molecular weight is 550 g/mol. The van der Waals surface area contributed by atoms with Crippen molar-refractivity contribution < 1.29 is 33.0 Å². The fourth-order valence-corrected chi connectivity index (χ4v) is 4.49. The summed E-state index contributed by atoms with van der Waals surface area (Å²) in [4.78, 5) is 56.1. The predicted molar refractivity (Wildman–Crippen MR) is 143 cm³/mol. The molecule has 2 saturated heterocycles. The minimum atomic E-state index is -0.804. The predicted octanol–water partition coefficient (Wildman–Crippen LogP) is 2.49. The molecule has 2 heterocycles. The van der Waals surface area contributed by atoms with E-state index in [4.69, 9.17) is 9.47 Å². The van der Waals surface area contributed by atoms with E-state index in [2.05, 4.69) is 15.5 Å². The van der Waals surface area contributed by atoms with Gasteiger partial charge in [0.15, 0.2) is 0 Å². The summed E-state index contributed by atoms with van der Waals surface area (Å²) >= 11 is 0. The van der Waals surface area contributed by atoms with Crippen LogP contribution in [0.2, 0.25) is 0 Å². The second kappa shape index (κ2) is 12.1. The molecule has 2 unspecified atom stereocenters. The second-order valence-electron chi connectivity index (χ2n) is 11.8. The topological polar surface area (TPSA) is 121 Å². The summed E-state index contributed by atoms with van der Waals surface area (Å²) in [6, 6.07) is 4.92. The van der Waals surface area contributed by atoms with Gasteiger partial charge in [0, 0.05) is 44.5 Å². The van der Waals surface area contributed by atoms with Gasteiger partial charge in [-0.2, -0.15) is 0 Å². The molecule has 216 valence electrons. The van der Waals surface area contributed by atoms with Gasteiger partial charge in [-0.05, 0) is 72.2 Å². The van der Waals surface area contributed by atoms with E-state index < -0.39 is 41.4 Å². The maximum Gasteiger partial charge on any atom is 0.411 e. The summed E-state index contributed by atoms with van der Waals surface area (Å²) in [5.74, 6) is -0.988. The Labute approximate surface area is 229 Å². The number of piperazine rings is 1. The lowest BCUT2D eigenvalue weighted by Gasteiger charge is -2.38. The third-order valence-corrected chi connectivity index (χ3v) is 6.15. The molecule has 0 aromatic heterocycles. The van der Waals surface area contributed by atoms with Gasteiger partial charge >= 0.3 is 12.2 Å². The number of ether oxygens (including phenoxy) is 2. The van der Waals surface area contributed by atoms with Gasteiger partial charge in [-0.3, -0.25) is 14.5 Å². The Balaban J connectivity index is 1.62. The Hall–Kier alpha value is -3.57. The van der Waals surface area contributed by atoms with Gasteiger partial charge in [0.2, 0.25) is 11.8 Å². The Bertz CT molecular complexity index is 1040. The molecular weight excluding hydrogens is 509 g/mol. The third-order valence-electron chi connectivity index (χ3n) is 6.15. The van der Waals surface area contributed by atoms with Crippen molar-refractivity contribution >= 4 is 29.7 Å². The molecule has 3 rings (SSSR count). The molecule has 2 atom stereocenters. The van der Waals surface area contributed by atoms with Crippen LogP contribution in [0.1, 0.15) is 48.0 Å². The summed E-state index contributed by atoms with van der Waals surface area (Å²) < 4.78 is 24.0. The number of likely N-dealkylation sites (tertiary alicyclic amines) is 1. The number of hydrogen-bond donors (Lipinski definition) is 2. The molecule has 2 fully saturated rings. The van der Waals surface area contributed by atoms with E-state index in [9.17, 15) is 23.6 Å². The first kappa shape index (κ1) is 30.0. The smallest absolute Gasteiger partial charge is 0.411 e. The van der Waals surface area contributed by atoms with Gasteiger partial charge in [-0.1, -0.05) is 0 Å². The van der Waals surface area contributed by atoms with Crippen molar-refractivity contribution in [3.63, 3.8) is 0 Å². The number of carbonyl (C=O) groups is 4. The zero-order valence-corrected chi connectivity index (χ0v) is 23.6. The molecule has 0 bridgehead atoms. The van der Waals surface area contributed by atoms with Crippen LogP contribution in [0.5, 0.6) is 0 Å². The average Bonchev–Trinajstić information content (AvgIpc) is 3.25. The molecule has 4 amide bonds. The van der Waals surface area contributed by atoms with Crippen LogP contribution in [-0.2, 0) is 19.1 Å². The number of anilines is 1. The van der Waals surface area contributed by atoms with Gasteiger partial charge in [-0.25, -0.2) is 14.0 Å². The number of nitrogens with zero attached hydrogens (tertiary/aromatic N) is 3. The van der Waals surface area contributed by atoms with Crippen LogP contribution in [0.25, 0.3) is 0 Å². The fraction of sp³-hybridized carbons (Fsp3) is 0.630. The Morgan fingerprint density at radius 1 is 0.923 bits per heavy atom. The first-order valence-corrected chi connectivity index (χ1v) is 13.2. The number of carbonyl (C=O) groups excluding carboxylic acids is 4. The minimum Gasteiger partial charge on any atom is -0.444 e. The van der Waals surface area contributed by atoms with Gasteiger partial charge in [0.25, 0.3) is 0 Å². The molecule has 2 aliphatic rings. The summed E-state index contributed by atoms with van der Waals surface area (Å²) in [6.07, 6.45) is -1.13. The standard InChI is InChI=1S/C27H40FN5O6/c1-26(2,3)38-24(36)29-16-22(34)30-19-15-21(33(17-19)25(37)39-27(4,5)6)23(35)32-13-11-31(12-14-32)20-9-7-18(28)8-10-20/h7-10,19,21H,11-17H2,1-6H3,(H,29,36)(H,30,34). The molecular formula is C27H40FN5O6. The van der Waals surface area contributed by atoms with Crippen molar-refractivity contribution in [1.82, 2.24) is 20.4 Å². The zero-order valence-electron chi connectivity index (χ0n) is 23.6. The highest BCUT2D eigenvalue weighted by molar-refractivity contribution is 5.87. The largest absolute Gasteiger partial charge is 0.444 e. The second-order valence-corrected chi connectivity index (χ2v) is 11.8. The normalized spacial score (nSPS) is 19.9. The summed E-state index contributed by atoms with van der Waals surface area (Å²) in [7, 11) is 0. The van der Waals surface area contributed by atoms with Crippen LogP contribution >= 0.6 is 0 Å². The van der Waals surface area contributed by atoms with Crippen LogP contribution in [0.3, 0.4) is 0 Å². The number of alkyl carbamates (subject to hydrolysis) is 1. The molecule has 0 aliphatic carbocycles. The molecule has 11 nitrogen and oxygen atoms in total. The summed E-state index contributed by atoms with van der Waals surface area (Å²) in [5.41, 5.74) is -0.579. The molecule has 2 aliphatic heterocycles. The first-order chi connectivity index (χ1) is 18.1. The molecule has 0 spiro atoms. The first-order valence-electron chi connectivity index (χ1n) is 13.2. The number of rotatable bonds is 5. The van der Waals surface area contributed by atoms with Crippen molar-refractivity contribution in [2.24, 2.45) is 0 Å². The molecule has 2 N–H and O–H groups in total. The highest BCUT2D eigenvalue weighted by atomic mass is 19.1. The van der Waals surface area contributed by atoms with Gasteiger partial charge < -0.3 is 29.9 Å². The monoisotopic (exact) mass is 549 g/mol. The maximum atomic E-state index is 13.6. The molecule has 1 aromatic rings. The Morgan fingerprint density at radius 3 is 2.08 bits per heavy atom. The summed E-state index contributed by atoms with van der Waals surface area (Å²) in [5, 5.41) is 5.20. The Morgan fingerprint density at radius 2 is 1.51 bits per heavy atom. The Kier molecular flexibility index (Phi) is 9.29. The number of nitrogens with one attached hydrogen (secondary N) is 2. The van der Waals surface area contributed by atoms with E-state index in [1.165, 1.54) is 17.0 Å². The van der Waals surface area contributed by atoms with E-state index in [0.717, 1.165) is 5.69 Å². The number of halogens is 1. The van der Waals surface area contributed by atoms with Crippen LogP contribution in [0.15, 0.2) is 24.3 Å². The number of amides is 4. The molecule has 12 heteroatoms. The van der Waals surface area contributed by atoms with Crippen LogP contribution in [0, 0.1) is 5.82 Å². The van der Waals surface area contributed by atoms with Gasteiger partial charge in [-0.15, -0.1) is 0 Å². The van der Waals surface area contributed by atoms with Crippen molar-refractivity contribution in [1.29, 1.82) is 0 Å². The van der Waals surface area contributed by atoms with E-state index in [-0.39, 0.29) is 31.2 Å². The quantitative estimate of drug-likeness (QED) is 0.579. The van der Waals surface area contributed by atoms with E-state index in [1.807, 2.05) is 0 Å². The van der Waals surface area contributed by atoms with Crippen LogP contribution in [0.4, 0.5) is 19.7 Å². The lowest BCUT2D eigenvalue weighted by atomic mass is 10.1. The highest BCUT2D eigenvalue weighted by Crippen LogP contribution is 2.25. The van der Waals surface area contributed by atoms with Crippen molar-refractivity contribution in [3.05, 3.63) is 30.1 Å². The third kappa shape index (κ3) is 9.00. The summed E-state index contributed by atoms with van der Waals surface area (Å²) in [6.45, 7) is 12.2. The molecule has 39 heavy (non-hydrogen) atoms. The lowest BCUT2D eigenvalue weighted by molar-refractivity contribution is -0.136. The van der Waals surface area contributed by atoms with Gasteiger partial charge in [0.05, 0.1) is 0 Å².